The van der Waals surface area contributed by atoms with E-state index in [-0.39, 0.29) is 5.56 Å². The lowest BCUT2D eigenvalue weighted by molar-refractivity contribution is 0.0550. The van der Waals surface area contributed by atoms with Gasteiger partial charge in [0, 0.05) is 0 Å². The Hall–Kier alpha value is -1.74. The Balaban J connectivity index is 2.36. The molecule has 0 radical (unpaired) electrons. The summed E-state index contributed by atoms with van der Waals surface area (Å²) in [5, 5.41) is -0.772. The average Bonchev–Trinajstić information content (AvgIpc) is 2.83. The van der Waals surface area contributed by atoms with E-state index in [1.807, 2.05) is 0 Å². The van der Waals surface area contributed by atoms with E-state index in [1.165, 1.54) is 0 Å². The molecular formula is C10H5ClF5N3O. The van der Waals surface area contributed by atoms with Crippen LogP contribution < -0.4 is 5.73 Å². The van der Waals surface area contributed by atoms with Crippen molar-refractivity contribution in [2.24, 2.45) is 5.73 Å². The third-order valence-electron chi connectivity index (χ3n) is 2.33. The number of benzene rings is 1. The maximum absolute atomic E-state index is 13.0. The predicted octanol–water partition coefficient (Wildman–Crippen LogP) is 2.82. The van der Waals surface area contributed by atoms with Gasteiger partial charge in [-0.2, -0.15) is 13.8 Å². The highest BCUT2D eigenvalue weighted by atomic mass is 35.5. The molecule has 1 aromatic heterocycles. The third-order valence-corrected chi connectivity index (χ3v) is 2.49. The molecule has 1 atom stereocenters. The van der Waals surface area contributed by atoms with E-state index < -0.39 is 40.6 Å². The van der Waals surface area contributed by atoms with Crippen molar-refractivity contribution in [3.63, 3.8) is 0 Å². The van der Waals surface area contributed by atoms with Crippen LogP contribution in [0.2, 0.25) is 0 Å². The van der Waals surface area contributed by atoms with Crippen LogP contribution in [0, 0.1) is 17.5 Å². The van der Waals surface area contributed by atoms with E-state index >= 15 is 0 Å². The minimum atomic E-state index is -3.90. The predicted molar refractivity (Wildman–Crippen MR) is 56.4 cm³/mol. The highest BCUT2D eigenvalue weighted by molar-refractivity contribution is 6.21. The number of nitrogens with two attached hydrogens (primary N) is 1. The van der Waals surface area contributed by atoms with Gasteiger partial charge in [0.15, 0.2) is 23.3 Å². The molecule has 0 saturated heterocycles. The van der Waals surface area contributed by atoms with Gasteiger partial charge in [-0.05, 0) is 29.3 Å². The van der Waals surface area contributed by atoms with Crippen LogP contribution in [0.5, 0.6) is 0 Å². The zero-order valence-corrected chi connectivity index (χ0v) is 10.1. The molecule has 10 heteroatoms. The highest BCUT2D eigenvalue weighted by Crippen LogP contribution is 2.31. The van der Waals surface area contributed by atoms with Gasteiger partial charge < -0.3 is 10.3 Å². The molecule has 0 spiro atoms. The molecular weight excluding hydrogens is 309 g/mol. The van der Waals surface area contributed by atoms with Gasteiger partial charge >= 0.3 is 11.3 Å². The smallest absolute Gasteiger partial charge is 0.331 e. The van der Waals surface area contributed by atoms with Crippen LogP contribution >= 0.6 is 11.6 Å². The van der Waals surface area contributed by atoms with Crippen LogP contribution in [0.3, 0.4) is 0 Å². The van der Waals surface area contributed by atoms with Crippen LogP contribution in [0.25, 0.3) is 0 Å². The molecule has 20 heavy (non-hydrogen) atoms. The van der Waals surface area contributed by atoms with Gasteiger partial charge in [0.2, 0.25) is 0 Å². The Labute approximate surface area is 113 Å². The summed E-state index contributed by atoms with van der Waals surface area (Å²) < 4.78 is 68.4. The second-order valence-electron chi connectivity index (χ2n) is 3.73. The minimum absolute atomic E-state index is 0.258. The summed E-state index contributed by atoms with van der Waals surface area (Å²) in [4.78, 5) is 3.22. The maximum atomic E-state index is 13.0. The summed E-state index contributed by atoms with van der Waals surface area (Å²) in [5.41, 5.74) is 5.27. The van der Waals surface area contributed by atoms with Gasteiger partial charge in [0.05, 0.1) is 6.04 Å². The molecule has 2 N–H and O–H groups in total. The van der Waals surface area contributed by atoms with Crippen LogP contribution in [-0.2, 0) is 5.38 Å². The number of aromatic nitrogens is 2. The van der Waals surface area contributed by atoms with Crippen molar-refractivity contribution < 1.29 is 26.5 Å². The van der Waals surface area contributed by atoms with Crippen LogP contribution in [0.1, 0.15) is 23.3 Å². The summed E-state index contributed by atoms with van der Waals surface area (Å²) in [6.45, 7) is 0. The number of nitrogens with zero attached hydrogens (tertiary/aromatic N) is 2. The number of halogens is 6. The zero-order valence-electron chi connectivity index (χ0n) is 9.38. The lowest BCUT2D eigenvalue weighted by Crippen LogP contribution is -2.15. The molecule has 2 aromatic rings. The van der Waals surface area contributed by atoms with Crippen LogP contribution in [-0.4, -0.2) is 10.1 Å². The van der Waals surface area contributed by atoms with Gasteiger partial charge in [-0.15, -0.1) is 0 Å². The van der Waals surface area contributed by atoms with Crippen molar-refractivity contribution in [1.29, 1.82) is 0 Å². The van der Waals surface area contributed by atoms with E-state index in [0.717, 1.165) is 0 Å². The summed E-state index contributed by atoms with van der Waals surface area (Å²) in [6.07, 6.45) is 0. The summed E-state index contributed by atoms with van der Waals surface area (Å²) in [6, 6.07) is -0.202. The van der Waals surface area contributed by atoms with E-state index in [9.17, 15) is 22.0 Å². The molecule has 108 valence electrons. The fourth-order valence-corrected chi connectivity index (χ4v) is 1.46. The Morgan fingerprint density at radius 1 is 1.20 bits per heavy atom. The first-order valence-electron chi connectivity index (χ1n) is 5.01. The van der Waals surface area contributed by atoms with Crippen molar-refractivity contribution in [2.45, 2.75) is 11.4 Å². The Kier molecular flexibility index (Phi) is 3.65. The standard InChI is InChI=1S/C10H5ClF5N3O/c11-10(15,16)9-18-8(19-20-9)7(17)3-1-4(12)6(14)5(13)2-3/h1-2,7H,17H2. The Bertz CT molecular complexity index is 619. The number of hydrogen-bond acceptors (Lipinski definition) is 4. The summed E-state index contributed by atoms with van der Waals surface area (Å²) in [5.74, 6) is -6.34. The fraction of sp³-hybridized carbons (Fsp3) is 0.200. The topological polar surface area (TPSA) is 64.9 Å². The number of hydrogen-bond donors (Lipinski definition) is 1. The van der Waals surface area contributed by atoms with Crippen LogP contribution in [0.15, 0.2) is 16.7 Å². The van der Waals surface area contributed by atoms with Crippen molar-refractivity contribution in [2.75, 3.05) is 0 Å². The molecule has 0 bridgehead atoms. The Morgan fingerprint density at radius 3 is 2.20 bits per heavy atom. The minimum Gasteiger partial charge on any atom is -0.331 e. The average molecular weight is 314 g/mol. The Morgan fingerprint density at radius 2 is 1.75 bits per heavy atom. The second-order valence-corrected chi connectivity index (χ2v) is 4.21. The van der Waals surface area contributed by atoms with E-state index in [2.05, 4.69) is 26.3 Å². The van der Waals surface area contributed by atoms with Gasteiger partial charge in [-0.1, -0.05) is 5.16 Å². The molecule has 0 fully saturated rings. The molecule has 2 rings (SSSR count). The molecule has 1 aromatic carbocycles. The molecule has 0 aliphatic carbocycles. The lowest BCUT2D eigenvalue weighted by Gasteiger charge is -2.08. The second kappa shape index (κ2) is 4.98. The van der Waals surface area contributed by atoms with Gasteiger partial charge in [0.25, 0.3) is 0 Å². The van der Waals surface area contributed by atoms with Crippen LogP contribution in [0.4, 0.5) is 22.0 Å². The first-order valence-corrected chi connectivity index (χ1v) is 5.38. The number of alkyl halides is 3. The van der Waals surface area contributed by atoms with Gasteiger partial charge in [0.1, 0.15) is 0 Å². The summed E-state index contributed by atoms with van der Waals surface area (Å²) in [7, 11) is 0. The highest BCUT2D eigenvalue weighted by Gasteiger charge is 2.36. The molecule has 4 nitrogen and oxygen atoms in total. The maximum Gasteiger partial charge on any atom is 0.400 e. The van der Waals surface area contributed by atoms with Crippen molar-refractivity contribution in [3.05, 3.63) is 46.9 Å². The third kappa shape index (κ3) is 2.73. The van der Waals surface area contributed by atoms with Gasteiger partial charge in [-0.3, -0.25) is 0 Å². The van der Waals surface area contributed by atoms with E-state index in [4.69, 9.17) is 5.73 Å². The largest absolute Gasteiger partial charge is 0.400 e. The van der Waals surface area contributed by atoms with E-state index in [1.54, 1.807) is 0 Å². The molecule has 0 aliphatic heterocycles. The fourth-order valence-electron chi connectivity index (χ4n) is 1.38. The van der Waals surface area contributed by atoms with Crippen molar-refractivity contribution in [3.8, 4) is 0 Å². The zero-order chi connectivity index (χ0) is 15.1. The number of rotatable bonds is 3. The molecule has 0 aliphatic rings. The molecule has 1 unspecified atom stereocenters. The normalized spacial score (nSPS) is 13.6. The molecule has 1 heterocycles. The van der Waals surface area contributed by atoms with Crippen molar-refractivity contribution in [1.82, 2.24) is 10.1 Å². The van der Waals surface area contributed by atoms with Crippen molar-refractivity contribution >= 4 is 11.6 Å². The first kappa shape index (κ1) is 14.7. The SMILES string of the molecule is NC(c1cc(F)c(F)c(F)c1)c1noc(C(F)(F)Cl)n1. The summed E-state index contributed by atoms with van der Waals surface area (Å²) >= 11 is 4.65. The monoisotopic (exact) mass is 313 g/mol. The van der Waals surface area contributed by atoms with E-state index in [0.29, 0.717) is 12.1 Å². The lowest BCUT2D eigenvalue weighted by atomic mass is 10.1. The van der Waals surface area contributed by atoms with Gasteiger partial charge in [-0.25, -0.2) is 13.2 Å². The molecule has 0 amide bonds. The quantitative estimate of drug-likeness (QED) is 0.537. The molecule has 0 saturated carbocycles. The first-order chi connectivity index (χ1) is 9.20.